The topological polar surface area (TPSA) is 49.4 Å². The van der Waals surface area contributed by atoms with Crippen molar-refractivity contribution in [2.75, 3.05) is 11.4 Å². The van der Waals surface area contributed by atoms with Crippen LogP contribution in [-0.2, 0) is 16.0 Å². The van der Waals surface area contributed by atoms with E-state index in [2.05, 4.69) is 12.2 Å². The zero-order valence-electron chi connectivity index (χ0n) is 17.1. The van der Waals surface area contributed by atoms with E-state index in [-0.39, 0.29) is 30.2 Å². The number of aryl methyl sites for hydroxylation is 1. The number of carbonyl (C=O) groups is 2. The molecule has 4 rings (SSSR count). The van der Waals surface area contributed by atoms with Gasteiger partial charge in [0.2, 0.25) is 11.8 Å². The van der Waals surface area contributed by atoms with Gasteiger partial charge in [-0.3, -0.25) is 9.59 Å². The van der Waals surface area contributed by atoms with Gasteiger partial charge in [-0.15, -0.1) is 0 Å². The number of anilines is 1. The molecule has 4 nitrogen and oxygen atoms in total. The Morgan fingerprint density at radius 3 is 2.10 bits per heavy atom. The maximum absolute atomic E-state index is 13.2. The second-order valence-electron chi connectivity index (χ2n) is 7.65. The van der Waals surface area contributed by atoms with Crippen molar-refractivity contribution in [2.24, 2.45) is 5.92 Å². The molecule has 152 valence electrons. The second-order valence-corrected chi connectivity index (χ2v) is 7.65. The molecule has 1 unspecified atom stereocenters. The number of benzene rings is 3. The van der Waals surface area contributed by atoms with Gasteiger partial charge in [-0.05, 0) is 29.2 Å². The Morgan fingerprint density at radius 1 is 0.933 bits per heavy atom. The van der Waals surface area contributed by atoms with Gasteiger partial charge in [0, 0.05) is 18.7 Å². The fraction of sp³-hybridized carbons (Fsp3) is 0.231. The minimum atomic E-state index is -0.364. The van der Waals surface area contributed by atoms with Gasteiger partial charge in [-0.2, -0.15) is 0 Å². The summed E-state index contributed by atoms with van der Waals surface area (Å²) in [5, 5.41) is 3.19. The third-order valence-electron chi connectivity index (χ3n) is 5.71. The Kier molecular flexibility index (Phi) is 5.94. The number of hydrogen-bond acceptors (Lipinski definition) is 2. The summed E-state index contributed by atoms with van der Waals surface area (Å²) in [6.07, 6.45) is 1.08. The van der Waals surface area contributed by atoms with Gasteiger partial charge in [0.1, 0.15) is 0 Å². The fourth-order valence-corrected chi connectivity index (χ4v) is 4.10. The fourth-order valence-electron chi connectivity index (χ4n) is 4.10. The summed E-state index contributed by atoms with van der Waals surface area (Å²) < 4.78 is 0. The van der Waals surface area contributed by atoms with E-state index in [1.54, 1.807) is 4.90 Å². The lowest BCUT2D eigenvalue weighted by atomic mass is 9.97. The lowest BCUT2D eigenvalue weighted by Crippen LogP contribution is -2.36. The van der Waals surface area contributed by atoms with Gasteiger partial charge in [-0.25, -0.2) is 0 Å². The molecular formula is C26H26N2O2. The highest BCUT2D eigenvalue weighted by molar-refractivity contribution is 6.01. The average molecular weight is 399 g/mol. The van der Waals surface area contributed by atoms with Crippen LogP contribution in [0, 0.1) is 5.92 Å². The van der Waals surface area contributed by atoms with E-state index in [0.29, 0.717) is 6.54 Å². The maximum atomic E-state index is 13.2. The van der Waals surface area contributed by atoms with E-state index < -0.39 is 0 Å². The first-order valence-electron chi connectivity index (χ1n) is 10.5. The number of para-hydroxylation sites is 1. The van der Waals surface area contributed by atoms with Crippen LogP contribution in [0.3, 0.4) is 0 Å². The van der Waals surface area contributed by atoms with Crippen molar-refractivity contribution < 1.29 is 9.59 Å². The van der Waals surface area contributed by atoms with Crippen LogP contribution in [0.25, 0.3) is 0 Å². The molecule has 1 N–H and O–H groups in total. The molecule has 0 aliphatic carbocycles. The molecule has 0 radical (unpaired) electrons. The van der Waals surface area contributed by atoms with E-state index in [1.807, 2.05) is 84.9 Å². The first-order chi connectivity index (χ1) is 14.7. The molecule has 30 heavy (non-hydrogen) atoms. The van der Waals surface area contributed by atoms with E-state index in [4.69, 9.17) is 0 Å². The number of nitrogens with zero attached hydrogens (tertiary/aromatic N) is 1. The molecule has 1 saturated heterocycles. The summed E-state index contributed by atoms with van der Waals surface area (Å²) in [5.74, 6) is -0.443. The first kappa shape index (κ1) is 19.9. The number of amides is 2. The molecule has 1 heterocycles. The minimum Gasteiger partial charge on any atom is -0.345 e. The number of hydrogen-bond donors (Lipinski definition) is 1. The van der Waals surface area contributed by atoms with Gasteiger partial charge in [-0.1, -0.05) is 85.8 Å². The molecule has 1 atom stereocenters. The van der Waals surface area contributed by atoms with Gasteiger partial charge >= 0.3 is 0 Å². The van der Waals surface area contributed by atoms with Gasteiger partial charge in [0.15, 0.2) is 0 Å². The summed E-state index contributed by atoms with van der Waals surface area (Å²) >= 11 is 0. The van der Waals surface area contributed by atoms with Crippen LogP contribution in [0.5, 0.6) is 0 Å². The van der Waals surface area contributed by atoms with Gasteiger partial charge < -0.3 is 10.2 Å². The molecule has 1 aliphatic heterocycles. The predicted molar refractivity (Wildman–Crippen MR) is 119 cm³/mol. The van der Waals surface area contributed by atoms with Gasteiger partial charge in [0.05, 0.1) is 12.0 Å². The first-order valence-corrected chi connectivity index (χ1v) is 10.5. The highest BCUT2D eigenvalue weighted by atomic mass is 16.2. The third-order valence-corrected chi connectivity index (χ3v) is 5.71. The molecule has 3 aromatic rings. The van der Waals surface area contributed by atoms with Crippen LogP contribution in [-0.4, -0.2) is 18.4 Å². The van der Waals surface area contributed by atoms with Crippen molar-refractivity contribution in [3.05, 3.63) is 102 Å². The molecule has 2 amide bonds. The van der Waals surface area contributed by atoms with Crippen molar-refractivity contribution in [3.63, 3.8) is 0 Å². The van der Waals surface area contributed by atoms with Crippen LogP contribution in [0.15, 0.2) is 84.9 Å². The largest absolute Gasteiger partial charge is 0.345 e. The molecule has 3 aromatic carbocycles. The van der Waals surface area contributed by atoms with E-state index in [1.165, 1.54) is 0 Å². The molecule has 0 aromatic heterocycles. The number of nitrogens with one attached hydrogen (secondary N) is 1. The lowest BCUT2D eigenvalue weighted by Gasteiger charge is -2.23. The van der Waals surface area contributed by atoms with Crippen LogP contribution >= 0.6 is 0 Å². The quantitative estimate of drug-likeness (QED) is 0.664. The molecule has 0 bridgehead atoms. The van der Waals surface area contributed by atoms with Crippen molar-refractivity contribution in [1.82, 2.24) is 5.32 Å². The van der Waals surface area contributed by atoms with Crippen LogP contribution < -0.4 is 10.2 Å². The second kappa shape index (κ2) is 8.95. The van der Waals surface area contributed by atoms with Crippen molar-refractivity contribution in [1.29, 1.82) is 0 Å². The summed E-state index contributed by atoms with van der Waals surface area (Å²) in [5.41, 5.74) is 4.09. The number of carbonyl (C=O) groups excluding carboxylic acids is 2. The van der Waals surface area contributed by atoms with Gasteiger partial charge in [0.25, 0.3) is 0 Å². The Morgan fingerprint density at radius 2 is 1.50 bits per heavy atom. The smallest absolute Gasteiger partial charge is 0.227 e. The highest BCUT2D eigenvalue weighted by Gasteiger charge is 2.36. The third kappa shape index (κ3) is 4.13. The average Bonchev–Trinajstić information content (AvgIpc) is 3.20. The Balaban J connectivity index is 1.54. The molecule has 0 spiro atoms. The van der Waals surface area contributed by atoms with Crippen LogP contribution in [0.4, 0.5) is 5.69 Å². The minimum absolute atomic E-state index is 0.00650. The SMILES string of the molecule is CCc1ccccc1N1CC(C(=O)NC(c2ccccc2)c2ccccc2)CC1=O. The maximum Gasteiger partial charge on any atom is 0.227 e. The molecule has 1 fully saturated rings. The zero-order chi connectivity index (χ0) is 20.9. The number of rotatable bonds is 6. The van der Waals surface area contributed by atoms with Crippen molar-refractivity contribution in [2.45, 2.75) is 25.8 Å². The molecule has 4 heteroatoms. The summed E-state index contributed by atoms with van der Waals surface area (Å²) in [7, 11) is 0. The summed E-state index contributed by atoms with van der Waals surface area (Å²) in [6, 6.07) is 27.6. The van der Waals surface area contributed by atoms with Crippen LogP contribution in [0.2, 0.25) is 0 Å². The van der Waals surface area contributed by atoms with Crippen LogP contribution in [0.1, 0.15) is 36.1 Å². The van der Waals surface area contributed by atoms with Crippen molar-refractivity contribution in [3.8, 4) is 0 Å². The van der Waals surface area contributed by atoms with E-state index in [0.717, 1.165) is 28.8 Å². The Labute approximate surface area is 177 Å². The Bertz CT molecular complexity index is 978. The predicted octanol–water partition coefficient (Wildman–Crippen LogP) is 4.51. The highest BCUT2D eigenvalue weighted by Crippen LogP contribution is 2.30. The molecular weight excluding hydrogens is 372 g/mol. The normalized spacial score (nSPS) is 16.1. The molecule has 0 saturated carbocycles. The zero-order valence-corrected chi connectivity index (χ0v) is 17.1. The van der Waals surface area contributed by atoms with E-state index in [9.17, 15) is 9.59 Å². The Hall–Kier alpha value is -3.40. The lowest BCUT2D eigenvalue weighted by molar-refractivity contribution is -0.126. The monoisotopic (exact) mass is 398 g/mol. The van der Waals surface area contributed by atoms with Crippen molar-refractivity contribution >= 4 is 17.5 Å². The summed E-state index contributed by atoms with van der Waals surface area (Å²) in [4.78, 5) is 27.7. The summed E-state index contributed by atoms with van der Waals surface area (Å²) in [6.45, 7) is 2.49. The standard InChI is InChI=1S/C26H26N2O2/c1-2-19-11-9-10-16-23(19)28-18-22(17-24(28)29)26(30)27-25(20-12-5-3-6-13-20)21-14-7-4-8-15-21/h3-16,22,25H,2,17-18H2,1H3,(H,27,30). The van der Waals surface area contributed by atoms with E-state index >= 15 is 0 Å². The molecule has 1 aliphatic rings.